The molecule has 1 aromatic heterocycles. The zero-order valence-electron chi connectivity index (χ0n) is 16.6. The van der Waals surface area contributed by atoms with Gasteiger partial charge < -0.3 is 0 Å². The first-order valence-electron chi connectivity index (χ1n) is 10.4. The zero-order chi connectivity index (χ0) is 20.6. The largest absolute Gasteiger partial charge is 0.291 e. The minimum Gasteiger partial charge on any atom is -0.291 e. The Labute approximate surface area is 183 Å². The van der Waals surface area contributed by atoms with E-state index in [1.165, 1.54) is 24.8 Å². The molecule has 0 aliphatic heterocycles. The number of hydrogen-bond donors (Lipinski definition) is 2. The predicted octanol–water partition coefficient (Wildman–Crippen LogP) is 5.40. The highest BCUT2D eigenvalue weighted by molar-refractivity contribution is 9.10. The van der Waals surface area contributed by atoms with Crippen molar-refractivity contribution in [3.63, 3.8) is 0 Å². The second-order valence-corrected chi connectivity index (χ2v) is 9.15. The summed E-state index contributed by atoms with van der Waals surface area (Å²) < 4.78 is 1.02. The molecule has 5 nitrogen and oxygen atoms in total. The van der Waals surface area contributed by atoms with Crippen LogP contribution in [0.2, 0.25) is 0 Å². The van der Waals surface area contributed by atoms with E-state index in [1.54, 1.807) is 6.21 Å². The Kier molecular flexibility index (Phi) is 5.03. The van der Waals surface area contributed by atoms with E-state index in [9.17, 15) is 4.79 Å². The van der Waals surface area contributed by atoms with Crippen LogP contribution in [0.1, 0.15) is 48.8 Å². The molecule has 0 saturated heterocycles. The van der Waals surface area contributed by atoms with Crippen LogP contribution in [0, 0.1) is 0 Å². The van der Waals surface area contributed by atoms with E-state index in [0.717, 1.165) is 46.1 Å². The van der Waals surface area contributed by atoms with Crippen LogP contribution >= 0.6 is 15.9 Å². The standard InChI is InChI=1S/C24H23BrN4O/c25-18-10-8-16(9-11-18)15-26-29-23-27-21-19-7-3-2-6-17(19)14-24(12-4-1-5-13-24)20(21)22(30)28-23/h2-3,6-11,15H,1,4-5,12-14H2,(H2,27,28,29,30). The van der Waals surface area contributed by atoms with Gasteiger partial charge in [0.25, 0.3) is 5.56 Å². The molecule has 0 bridgehead atoms. The summed E-state index contributed by atoms with van der Waals surface area (Å²) in [6.45, 7) is 0. The monoisotopic (exact) mass is 462 g/mol. The van der Waals surface area contributed by atoms with Gasteiger partial charge in [-0.15, -0.1) is 0 Å². The summed E-state index contributed by atoms with van der Waals surface area (Å²) in [5.41, 5.74) is 7.75. The third kappa shape index (κ3) is 3.49. The molecule has 0 atom stereocenters. The highest BCUT2D eigenvalue weighted by Crippen LogP contribution is 2.48. The van der Waals surface area contributed by atoms with Crippen molar-refractivity contribution in [3.05, 3.63) is 80.0 Å². The van der Waals surface area contributed by atoms with Crippen LogP contribution in [0.3, 0.4) is 0 Å². The third-order valence-electron chi connectivity index (χ3n) is 6.32. The summed E-state index contributed by atoms with van der Waals surface area (Å²) in [5.74, 6) is 0.370. The summed E-state index contributed by atoms with van der Waals surface area (Å²) in [5, 5.41) is 4.27. The molecule has 2 aliphatic carbocycles. The van der Waals surface area contributed by atoms with E-state index in [1.807, 2.05) is 30.3 Å². The molecule has 1 heterocycles. The molecule has 1 fully saturated rings. The average molecular weight is 463 g/mol. The molecule has 0 amide bonds. The molecule has 3 aromatic rings. The topological polar surface area (TPSA) is 70.1 Å². The van der Waals surface area contributed by atoms with Gasteiger partial charge >= 0.3 is 0 Å². The number of nitrogens with zero attached hydrogens (tertiary/aromatic N) is 2. The highest BCUT2D eigenvalue weighted by Gasteiger charge is 2.42. The predicted molar refractivity (Wildman–Crippen MR) is 124 cm³/mol. The van der Waals surface area contributed by atoms with Crippen molar-refractivity contribution in [2.24, 2.45) is 5.10 Å². The number of hydrazone groups is 1. The van der Waals surface area contributed by atoms with Crippen LogP contribution in [0.4, 0.5) is 5.95 Å². The van der Waals surface area contributed by atoms with Crippen LogP contribution in [0.25, 0.3) is 11.3 Å². The molecule has 6 heteroatoms. The van der Waals surface area contributed by atoms with E-state index < -0.39 is 0 Å². The number of anilines is 1. The number of H-pyrrole nitrogens is 1. The molecule has 0 unspecified atom stereocenters. The average Bonchev–Trinajstić information content (AvgIpc) is 2.75. The van der Waals surface area contributed by atoms with E-state index in [0.29, 0.717) is 5.95 Å². The Morgan fingerprint density at radius 1 is 1.07 bits per heavy atom. The van der Waals surface area contributed by atoms with Crippen molar-refractivity contribution >= 4 is 28.1 Å². The van der Waals surface area contributed by atoms with Gasteiger partial charge in [0.15, 0.2) is 0 Å². The number of benzene rings is 2. The van der Waals surface area contributed by atoms with Gasteiger partial charge in [-0.05, 0) is 42.5 Å². The van der Waals surface area contributed by atoms with Crippen LogP contribution in [-0.2, 0) is 11.8 Å². The van der Waals surface area contributed by atoms with Gasteiger partial charge in [-0.2, -0.15) is 5.10 Å². The molecule has 5 rings (SSSR count). The molecule has 30 heavy (non-hydrogen) atoms. The number of fused-ring (bicyclic) bond motifs is 4. The lowest BCUT2D eigenvalue weighted by Gasteiger charge is -2.41. The summed E-state index contributed by atoms with van der Waals surface area (Å²) in [6.07, 6.45) is 8.31. The number of hydrogen-bond acceptors (Lipinski definition) is 4. The summed E-state index contributed by atoms with van der Waals surface area (Å²) in [4.78, 5) is 21.0. The Bertz CT molecular complexity index is 1160. The highest BCUT2D eigenvalue weighted by atomic mass is 79.9. The molecule has 1 saturated carbocycles. The van der Waals surface area contributed by atoms with Gasteiger partial charge in [0.1, 0.15) is 0 Å². The van der Waals surface area contributed by atoms with Gasteiger partial charge in [0.2, 0.25) is 5.95 Å². The lowest BCUT2D eigenvalue weighted by Crippen LogP contribution is -2.40. The maximum absolute atomic E-state index is 13.2. The summed E-state index contributed by atoms with van der Waals surface area (Å²) >= 11 is 3.43. The van der Waals surface area contributed by atoms with Gasteiger partial charge in [0, 0.05) is 15.5 Å². The molecular formula is C24H23BrN4O. The second kappa shape index (κ2) is 7.84. The van der Waals surface area contributed by atoms with E-state index >= 15 is 0 Å². The molecule has 2 N–H and O–H groups in total. The quantitative estimate of drug-likeness (QED) is 0.404. The normalized spacial score (nSPS) is 17.0. The Morgan fingerprint density at radius 3 is 2.63 bits per heavy atom. The van der Waals surface area contributed by atoms with Gasteiger partial charge in [-0.1, -0.05) is 71.6 Å². The Hall–Kier alpha value is -2.73. The zero-order valence-corrected chi connectivity index (χ0v) is 18.2. The molecule has 152 valence electrons. The van der Waals surface area contributed by atoms with E-state index in [4.69, 9.17) is 4.98 Å². The molecule has 2 aromatic carbocycles. The second-order valence-electron chi connectivity index (χ2n) is 8.23. The summed E-state index contributed by atoms with van der Waals surface area (Å²) in [6, 6.07) is 16.2. The molecule has 1 spiro atoms. The maximum Gasteiger partial charge on any atom is 0.256 e. The fraction of sp³-hybridized carbons (Fsp3) is 0.292. The van der Waals surface area contributed by atoms with E-state index in [2.05, 4.69) is 49.6 Å². The number of aromatic amines is 1. The first-order chi connectivity index (χ1) is 14.6. The van der Waals surface area contributed by atoms with Crippen molar-refractivity contribution in [1.82, 2.24) is 9.97 Å². The number of rotatable bonds is 3. The number of nitrogens with one attached hydrogen (secondary N) is 2. The Balaban J connectivity index is 1.53. The lowest BCUT2D eigenvalue weighted by molar-refractivity contribution is 0.285. The third-order valence-corrected chi connectivity index (χ3v) is 6.84. The number of aromatic nitrogens is 2. The van der Waals surface area contributed by atoms with Crippen molar-refractivity contribution in [1.29, 1.82) is 0 Å². The van der Waals surface area contributed by atoms with Gasteiger partial charge in [-0.25, -0.2) is 10.4 Å². The van der Waals surface area contributed by atoms with Crippen LogP contribution in [0.15, 0.2) is 62.9 Å². The van der Waals surface area contributed by atoms with Crippen molar-refractivity contribution in [2.45, 2.75) is 43.9 Å². The fourth-order valence-corrected chi connectivity index (χ4v) is 5.21. The number of halogens is 1. The minimum absolute atomic E-state index is 0.0438. The Morgan fingerprint density at radius 2 is 1.83 bits per heavy atom. The van der Waals surface area contributed by atoms with E-state index in [-0.39, 0.29) is 11.0 Å². The SMILES string of the molecule is O=c1[nH]c(NN=Cc2ccc(Br)cc2)nc2c1C1(CCCCC1)Cc1ccccc1-2. The molecular weight excluding hydrogens is 440 g/mol. The first-order valence-corrected chi connectivity index (χ1v) is 11.2. The van der Waals surface area contributed by atoms with Crippen LogP contribution < -0.4 is 11.0 Å². The first kappa shape index (κ1) is 19.2. The van der Waals surface area contributed by atoms with Crippen molar-refractivity contribution in [3.8, 4) is 11.3 Å². The summed E-state index contributed by atoms with van der Waals surface area (Å²) in [7, 11) is 0. The lowest BCUT2D eigenvalue weighted by atomic mass is 9.62. The van der Waals surface area contributed by atoms with Crippen molar-refractivity contribution in [2.75, 3.05) is 5.43 Å². The van der Waals surface area contributed by atoms with Gasteiger partial charge in [-0.3, -0.25) is 9.78 Å². The maximum atomic E-state index is 13.2. The van der Waals surface area contributed by atoms with Crippen molar-refractivity contribution < 1.29 is 0 Å². The fourth-order valence-electron chi connectivity index (χ4n) is 4.94. The van der Waals surface area contributed by atoms with Crippen LogP contribution in [-0.4, -0.2) is 16.2 Å². The van der Waals surface area contributed by atoms with Gasteiger partial charge in [0.05, 0.1) is 17.5 Å². The molecule has 2 aliphatic rings. The van der Waals surface area contributed by atoms with Crippen LogP contribution in [0.5, 0.6) is 0 Å². The minimum atomic E-state index is -0.0955. The molecule has 0 radical (unpaired) electrons. The smallest absolute Gasteiger partial charge is 0.256 e.